The van der Waals surface area contributed by atoms with Gasteiger partial charge in [-0.3, -0.25) is 4.79 Å². The lowest BCUT2D eigenvalue weighted by Crippen LogP contribution is -2.32. The molecule has 0 saturated carbocycles. The molecule has 1 aliphatic heterocycles. The zero-order chi connectivity index (χ0) is 25.6. The van der Waals surface area contributed by atoms with Crippen molar-refractivity contribution in [3.8, 4) is 5.75 Å². The molecule has 0 amide bonds. The van der Waals surface area contributed by atoms with Gasteiger partial charge in [0.2, 0.25) is 10.0 Å². The Balaban J connectivity index is 1.86. The van der Waals surface area contributed by atoms with Crippen LogP contribution < -0.4 is 16.3 Å². The first-order valence-corrected chi connectivity index (χ1v) is 13.1. The summed E-state index contributed by atoms with van der Waals surface area (Å²) in [6.45, 7) is 5.06. The number of hydrogen-bond donors (Lipinski definition) is 3. The molecule has 1 aliphatic rings. The minimum absolute atomic E-state index is 0.0564. The third-order valence-corrected chi connectivity index (χ3v) is 8.04. The van der Waals surface area contributed by atoms with Crippen LogP contribution in [0.2, 0.25) is 0 Å². The molecule has 2 aromatic carbocycles. The molecular weight excluding hydrogens is 468 g/mol. The third-order valence-electron chi connectivity index (χ3n) is 6.16. The summed E-state index contributed by atoms with van der Waals surface area (Å²) in [5.41, 5.74) is 9.24. The zero-order valence-corrected chi connectivity index (χ0v) is 21.0. The largest absolute Gasteiger partial charge is 0.491 e. The van der Waals surface area contributed by atoms with Crippen molar-refractivity contribution in [1.82, 2.24) is 9.31 Å². The highest BCUT2D eigenvalue weighted by Gasteiger charge is 2.31. The molecule has 1 heterocycles. The number of nitrogens with two attached hydrogens (primary N) is 2. The van der Waals surface area contributed by atoms with E-state index in [9.17, 15) is 18.3 Å². The van der Waals surface area contributed by atoms with Gasteiger partial charge < -0.3 is 20.6 Å². The first-order valence-electron chi connectivity index (χ1n) is 11.6. The smallest absolute Gasteiger partial charge is 0.303 e. The summed E-state index contributed by atoms with van der Waals surface area (Å²) in [5.74, 6) is 4.95. The SMILES string of the molecule is CCN(N)/C=C(\N)CCC(CC(=O)O)c1ccc(C)c(CN2CCOc3ccccc3S2(=O)=O)c1. The highest BCUT2D eigenvalue weighted by atomic mass is 32.2. The van der Waals surface area contributed by atoms with Gasteiger partial charge in [-0.2, -0.15) is 4.31 Å². The lowest BCUT2D eigenvalue weighted by atomic mass is 9.88. The van der Waals surface area contributed by atoms with Crippen molar-refractivity contribution in [3.05, 3.63) is 71.1 Å². The molecule has 0 spiro atoms. The summed E-state index contributed by atoms with van der Waals surface area (Å²) in [6.07, 6.45) is 2.61. The van der Waals surface area contributed by atoms with Crippen molar-refractivity contribution in [2.45, 2.75) is 50.5 Å². The summed E-state index contributed by atoms with van der Waals surface area (Å²) in [6, 6.07) is 12.4. The second kappa shape index (κ2) is 11.6. The summed E-state index contributed by atoms with van der Waals surface area (Å²) < 4.78 is 33.7. The van der Waals surface area contributed by atoms with Crippen LogP contribution in [0, 0.1) is 6.92 Å². The van der Waals surface area contributed by atoms with Gasteiger partial charge >= 0.3 is 5.97 Å². The average molecular weight is 503 g/mol. The Bertz CT molecular complexity index is 1180. The second-order valence-corrected chi connectivity index (χ2v) is 10.6. The van der Waals surface area contributed by atoms with E-state index in [1.54, 1.807) is 30.5 Å². The number of fused-ring (bicyclic) bond motifs is 1. The van der Waals surface area contributed by atoms with Gasteiger partial charge in [0.05, 0.1) is 6.42 Å². The maximum atomic E-state index is 13.3. The van der Waals surface area contributed by atoms with Crippen molar-refractivity contribution in [2.75, 3.05) is 19.7 Å². The average Bonchev–Trinajstić information content (AvgIpc) is 2.94. The van der Waals surface area contributed by atoms with Gasteiger partial charge in [-0.05, 0) is 61.4 Å². The number of allylic oxidation sites excluding steroid dienone is 1. The number of para-hydroxylation sites is 1. The maximum Gasteiger partial charge on any atom is 0.303 e. The van der Waals surface area contributed by atoms with E-state index in [2.05, 4.69) is 0 Å². The van der Waals surface area contributed by atoms with E-state index in [1.807, 2.05) is 32.0 Å². The van der Waals surface area contributed by atoms with E-state index in [0.717, 1.165) is 16.7 Å². The van der Waals surface area contributed by atoms with Gasteiger partial charge in [-0.15, -0.1) is 0 Å². The van der Waals surface area contributed by atoms with Crippen LogP contribution in [0.25, 0.3) is 0 Å². The van der Waals surface area contributed by atoms with Crippen LogP contribution in [0.15, 0.2) is 59.3 Å². The van der Waals surface area contributed by atoms with Crippen molar-refractivity contribution in [1.29, 1.82) is 0 Å². The number of ether oxygens (including phenoxy) is 1. The predicted molar refractivity (Wildman–Crippen MR) is 134 cm³/mol. The number of aliphatic carboxylic acids is 1. The summed E-state index contributed by atoms with van der Waals surface area (Å²) >= 11 is 0. The second-order valence-electron chi connectivity index (χ2n) is 8.69. The van der Waals surface area contributed by atoms with Crippen LogP contribution in [-0.4, -0.2) is 48.5 Å². The molecule has 1 atom stereocenters. The summed E-state index contributed by atoms with van der Waals surface area (Å²) in [7, 11) is -3.75. The molecule has 0 aromatic heterocycles. The number of nitrogens with zero attached hydrogens (tertiary/aromatic N) is 2. The summed E-state index contributed by atoms with van der Waals surface area (Å²) in [5, 5.41) is 11.0. The molecule has 0 radical (unpaired) electrons. The van der Waals surface area contributed by atoms with Gasteiger partial charge in [0.1, 0.15) is 17.3 Å². The van der Waals surface area contributed by atoms with Crippen LogP contribution >= 0.6 is 0 Å². The highest BCUT2D eigenvalue weighted by molar-refractivity contribution is 7.89. The minimum Gasteiger partial charge on any atom is -0.491 e. The molecule has 9 nitrogen and oxygen atoms in total. The van der Waals surface area contributed by atoms with E-state index >= 15 is 0 Å². The number of aryl methyl sites for hydroxylation is 1. The first-order chi connectivity index (χ1) is 16.6. The Hall–Kier alpha value is -3.08. The fraction of sp³-hybridized carbons (Fsp3) is 0.400. The van der Waals surface area contributed by atoms with Gasteiger partial charge in [0.25, 0.3) is 0 Å². The third kappa shape index (κ3) is 6.74. The first kappa shape index (κ1) is 26.5. The number of carboxylic acids is 1. The van der Waals surface area contributed by atoms with Crippen LogP contribution in [-0.2, 0) is 21.4 Å². The Kier molecular flexibility index (Phi) is 8.76. The molecule has 2 aromatic rings. The monoisotopic (exact) mass is 502 g/mol. The van der Waals surface area contributed by atoms with E-state index < -0.39 is 16.0 Å². The van der Waals surface area contributed by atoms with Crippen LogP contribution in [0.3, 0.4) is 0 Å². The molecule has 10 heteroatoms. The number of carboxylic acid groups (broad SMARTS) is 1. The van der Waals surface area contributed by atoms with Crippen molar-refractivity contribution in [2.24, 2.45) is 11.6 Å². The molecule has 3 rings (SSSR count). The molecule has 1 unspecified atom stereocenters. The van der Waals surface area contributed by atoms with Gasteiger partial charge in [0.15, 0.2) is 0 Å². The quantitative estimate of drug-likeness (QED) is 0.333. The van der Waals surface area contributed by atoms with E-state index in [0.29, 0.717) is 30.8 Å². The summed E-state index contributed by atoms with van der Waals surface area (Å²) in [4.78, 5) is 11.7. The van der Waals surface area contributed by atoms with E-state index in [-0.39, 0.29) is 36.9 Å². The zero-order valence-electron chi connectivity index (χ0n) is 20.2. The number of benzene rings is 2. The Labute approximate surface area is 207 Å². The Morgan fingerprint density at radius 1 is 1.29 bits per heavy atom. The molecule has 0 aliphatic carbocycles. The van der Waals surface area contributed by atoms with E-state index in [1.165, 1.54) is 9.31 Å². The fourth-order valence-corrected chi connectivity index (χ4v) is 5.61. The van der Waals surface area contributed by atoms with Crippen molar-refractivity contribution >= 4 is 16.0 Å². The number of rotatable bonds is 10. The Morgan fingerprint density at radius 3 is 2.74 bits per heavy atom. The highest BCUT2D eigenvalue weighted by Crippen LogP contribution is 2.32. The number of hydrogen-bond acceptors (Lipinski definition) is 7. The molecule has 0 bridgehead atoms. The molecule has 190 valence electrons. The lowest BCUT2D eigenvalue weighted by Gasteiger charge is -2.22. The molecular formula is C25H34N4O5S. The van der Waals surface area contributed by atoms with Crippen molar-refractivity contribution in [3.63, 3.8) is 0 Å². The van der Waals surface area contributed by atoms with Crippen LogP contribution in [0.4, 0.5) is 0 Å². The van der Waals surface area contributed by atoms with E-state index in [4.69, 9.17) is 16.3 Å². The topological polar surface area (TPSA) is 139 Å². The molecule has 5 N–H and O–H groups in total. The lowest BCUT2D eigenvalue weighted by molar-refractivity contribution is -0.137. The Morgan fingerprint density at radius 2 is 2.03 bits per heavy atom. The van der Waals surface area contributed by atoms with Crippen molar-refractivity contribution < 1.29 is 23.1 Å². The van der Waals surface area contributed by atoms with Gasteiger partial charge in [-0.1, -0.05) is 30.3 Å². The predicted octanol–water partition coefficient (Wildman–Crippen LogP) is 2.91. The number of carbonyl (C=O) groups is 1. The number of sulfonamides is 1. The fourth-order valence-electron chi connectivity index (χ4n) is 4.08. The standard InChI is InChI=1S/C25H34N4O5S/c1-3-28(27)17-22(26)11-10-20(15-25(30)31)19-9-8-18(2)21(14-19)16-29-12-13-34-23-6-4-5-7-24(23)35(29,32)33/h4-9,14,17,20H,3,10-13,15-16,26-27H2,1-2H3,(H,30,31)/b22-17-. The minimum atomic E-state index is -3.75. The normalized spacial score (nSPS) is 16.6. The van der Waals surface area contributed by atoms with Crippen LogP contribution in [0.1, 0.15) is 48.8 Å². The molecule has 0 fully saturated rings. The molecule has 35 heavy (non-hydrogen) atoms. The van der Waals surface area contributed by atoms with Crippen LogP contribution in [0.5, 0.6) is 5.75 Å². The number of hydrazine groups is 1. The molecule has 0 saturated heterocycles. The van der Waals surface area contributed by atoms with Gasteiger partial charge in [-0.25, -0.2) is 14.3 Å². The van der Waals surface area contributed by atoms with Gasteiger partial charge in [0, 0.05) is 31.5 Å². The maximum absolute atomic E-state index is 13.3.